The smallest absolute Gasteiger partial charge is 0.337 e. The van der Waals surface area contributed by atoms with Crippen molar-refractivity contribution in [2.45, 2.75) is 12.7 Å². The van der Waals surface area contributed by atoms with E-state index in [0.717, 1.165) is 0 Å². The molecular weight excluding hydrogens is 366 g/mol. The minimum atomic E-state index is -4.75. The number of amides is 1. The Balaban J connectivity index is 1.80. The van der Waals surface area contributed by atoms with E-state index in [2.05, 4.69) is 14.7 Å². The summed E-state index contributed by atoms with van der Waals surface area (Å²) in [5.41, 5.74) is 1.04. The van der Waals surface area contributed by atoms with E-state index in [1.807, 2.05) is 0 Å². The molecule has 0 atom stereocenters. The zero-order valence-electron chi connectivity index (χ0n) is 14.0. The zero-order chi connectivity index (χ0) is 19.6. The Morgan fingerprint density at radius 1 is 1.15 bits per heavy atom. The van der Waals surface area contributed by atoms with Crippen molar-refractivity contribution >= 4 is 5.91 Å². The highest BCUT2D eigenvalue weighted by Gasteiger charge is 2.38. The fraction of sp³-hybridized carbons (Fsp3) is 0.167. The van der Waals surface area contributed by atoms with Crippen molar-refractivity contribution in [2.75, 3.05) is 7.05 Å². The van der Waals surface area contributed by atoms with E-state index in [0.29, 0.717) is 5.56 Å². The maximum absolute atomic E-state index is 13.3. The van der Waals surface area contributed by atoms with Crippen molar-refractivity contribution in [2.24, 2.45) is 0 Å². The zero-order valence-corrected chi connectivity index (χ0v) is 14.0. The average molecular weight is 379 g/mol. The highest BCUT2D eigenvalue weighted by atomic mass is 19.4. The third kappa shape index (κ3) is 4.30. The minimum Gasteiger partial charge on any atom is -0.337 e. The Morgan fingerprint density at radius 3 is 2.56 bits per heavy atom. The molecule has 0 unspecified atom stereocenters. The average Bonchev–Trinajstić information content (AvgIpc) is 3.12. The molecule has 2 aromatic carbocycles. The standard InChI is InChI=1S/C18H13F4N3O2/c1-25(10-11-4-2-7-14(19)8-11)16(26)13-6-3-5-12(9-13)15-23-17(27-24-15)18(20,21)22/h2-9H,10H2,1H3. The molecule has 27 heavy (non-hydrogen) atoms. The van der Waals surface area contributed by atoms with E-state index in [-0.39, 0.29) is 29.4 Å². The maximum atomic E-state index is 13.3. The van der Waals surface area contributed by atoms with Gasteiger partial charge in [-0.1, -0.05) is 29.4 Å². The van der Waals surface area contributed by atoms with E-state index in [1.54, 1.807) is 6.07 Å². The van der Waals surface area contributed by atoms with Crippen LogP contribution >= 0.6 is 0 Å². The molecule has 1 amide bonds. The molecule has 1 aromatic heterocycles. The predicted molar refractivity (Wildman–Crippen MR) is 86.9 cm³/mol. The first-order valence-corrected chi connectivity index (χ1v) is 7.75. The molecule has 3 aromatic rings. The molecule has 9 heteroatoms. The van der Waals surface area contributed by atoms with Gasteiger partial charge in [0.05, 0.1) is 0 Å². The first kappa shape index (κ1) is 18.6. The molecule has 0 saturated heterocycles. The van der Waals surface area contributed by atoms with Gasteiger partial charge in [0.15, 0.2) is 0 Å². The molecule has 0 fully saturated rings. The van der Waals surface area contributed by atoms with Crippen LogP contribution in [0.2, 0.25) is 0 Å². The molecule has 0 radical (unpaired) electrons. The van der Waals surface area contributed by atoms with Crippen LogP contribution in [-0.2, 0) is 12.7 Å². The highest BCUT2D eigenvalue weighted by Crippen LogP contribution is 2.29. The molecule has 0 N–H and O–H groups in total. The lowest BCUT2D eigenvalue weighted by Gasteiger charge is -2.17. The van der Waals surface area contributed by atoms with Gasteiger partial charge in [-0.05, 0) is 29.8 Å². The number of rotatable bonds is 4. The van der Waals surface area contributed by atoms with Crippen LogP contribution in [0.5, 0.6) is 0 Å². The van der Waals surface area contributed by atoms with Crippen molar-refractivity contribution < 1.29 is 26.9 Å². The number of carbonyl (C=O) groups excluding carboxylic acids is 1. The van der Waals surface area contributed by atoms with Crippen LogP contribution in [0.3, 0.4) is 0 Å². The first-order chi connectivity index (χ1) is 12.7. The number of alkyl halides is 3. The van der Waals surface area contributed by atoms with Crippen LogP contribution in [0.1, 0.15) is 21.8 Å². The second-order valence-electron chi connectivity index (χ2n) is 5.79. The van der Waals surface area contributed by atoms with Gasteiger partial charge in [-0.3, -0.25) is 4.79 Å². The predicted octanol–water partition coefficient (Wildman–Crippen LogP) is 4.17. The Morgan fingerprint density at radius 2 is 1.89 bits per heavy atom. The van der Waals surface area contributed by atoms with E-state index >= 15 is 0 Å². The monoisotopic (exact) mass is 379 g/mol. The van der Waals surface area contributed by atoms with Crippen LogP contribution in [0.15, 0.2) is 53.1 Å². The number of benzene rings is 2. The summed E-state index contributed by atoms with van der Waals surface area (Å²) in [6.07, 6.45) is -4.75. The molecule has 0 saturated carbocycles. The summed E-state index contributed by atoms with van der Waals surface area (Å²) in [6.45, 7) is 0.168. The van der Waals surface area contributed by atoms with Gasteiger partial charge in [0.1, 0.15) is 5.82 Å². The number of nitrogens with zero attached hydrogens (tertiary/aromatic N) is 3. The lowest BCUT2D eigenvalue weighted by atomic mass is 10.1. The third-order valence-corrected chi connectivity index (χ3v) is 3.69. The van der Waals surface area contributed by atoms with E-state index in [9.17, 15) is 22.4 Å². The van der Waals surface area contributed by atoms with Crippen molar-refractivity contribution in [1.82, 2.24) is 15.0 Å². The first-order valence-electron chi connectivity index (χ1n) is 7.75. The van der Waals surface area contributed by atoms with E-state index in [4.69, 9.17) is 0 Å². The Labute approximate surface area is 151 Å². The molecule has 0 aliphatic rings. The molecule has 0 aliphatic carbocycles. The second kappa shape index (κ2) is 7.18. The Bertz CT molecular complexity index is 969. The minimum absolute atomic E-state index is 0.168. The van der Waals surface area contributed by atoms with Gasteiger partial charge < -0.3 is 9.42 Å². The van der Waals surface area contributed by atoms with Gasteiger partial charge >= 0.3 is 12.1 Å². The number of hydrogen-bond donors (Lipinski definition) is 0. The summed E-state index contributed by atoms with van der Waals surface area (Å²) < 4.78 is 55.2. The summed E-state index contributed by atoms with van der Waals surface area (Å²) in [5, 5.41) is 3.30. The second-order valence-corrected chi connectivity index (χ2v) is 5.79. The fourth-order valence-corrected chi connectivity index (χ4v) is 2.45. The Kier molecular flexibility index (Phi) is 4.93. The fourth-order valence-electron chi connectivity index (χ4n) is 2.45. The van der Waals surface area contributed by atoms with Crippen LogP contribution in [-0.4, -0.2) is 28.0 Å². The molecule has 5 nitrogen and oxygen atoms in total. The Hall–Kier alpha value is -3.23. The molecule has 140 valence electrons. The molecule has 0 aliphatic heterocycles. The quantitative estimate of drug-likeness (QED) is 0.639. The summed E-state index contributed by atoms with van der Waals surface area (Å²) in [6, 6.07) is 11.7. The van der Waals surface area contributed by atoms with Crippen LogP contribution in [0, 0.1) is 5.82 Å². The largest absolute Gasteiger partial charge is 0.471 e. The van der Waals surface area contributed by atoms with Crippen molar-refractivity contribution in [1.29, 1.82) is 0 Å². The number of hydrogen-bond acceptors (Lipinski definition) is 4. The molecule has 0 spiro atoms. The van der Waals surface area contributed by atoms with Crippen molar-refractivity contribution in [3.8, 4) is 11.4 Å². The number of aromatic nitrogens is 2. The summed E-state index contributed by atoms with van der Waals surface area (Å²) >= 11 is 0. The van der Waals surface area contributed by atoms with Gasteiger partial charge in [0.2, 0.25) is 5.82 Å². The van der Waals surface area contributed by atoms with Gasteiger partial charge in [-0.2, -0.15) is 18.2 Å². The van der Waals surface area contributed by atoms with Gasteiger partial charge in [-0.25, -0.2) is 4.39 Å². The van der Waals surface area contributed by atoms with Crippen LogP contribution in [0.25, 0.3) is 11.4 Å². The van der Waals surface area contributed by atoms with Crippen molar-refractivity contribution in [3.63, 3.8) is 0 Å². The molecular formula is C18H13F4N3O2. The normalized spacial score (nSPS) is 11.4. The van der Waals surface area contributed by atoms with E-state index < -0.39 is 17.9 Å². The van der Waals surface area contributed by atoms with Gasteiger partial charge in [-0.15, -0.1) is 0 Å². The number of carbonyl (C=O) groups is 1. The highest BCUT2D eigenvalue weighted by molar-refractivity contribution is 5.95. The summed E-state index contributed by atoms with van der Waals surface area (Å²) in [7, 11) is 1.54. The van der Waals surface area contributed by atoms with E-state index in [1.165, 1.54) is 54.4 Å². The van der Waals surface area contributed by atoms with Gasteiger partial charge in [0.25, 0.3) is 5.91 Å². The molecule has 0 bridgehead atoms. The SMILES string of the molecule is CN(Cc1cccc(F)c1)C(=O)c1cccc(-c2noc(C(F)(F)F)n2)c1. The number of halogens is 4. The van der Waals surface area contributed by atoms with Crippen LogP contribution < -0.4 is 0 Å². The lowest BCUT2D eigenvalue weighted by Crippen LogP contribution is -2.26. The van der Waals surface area contributed by atoms with Crippen LogP contribution in [0.4, 0.5) is 17.6 Å². The third-order valence-electron chi connectivity index (χ3n) is 3.69. The molecule has 1 heterocycles. The summed E-state index contributed by atoms with van der Waals surface area (Å²) in [5.74, 6) is -2.53. The van der Waals surface area contributed by atoms with Crippen molar-refractivity contribution in [3.05, 3.63) is 71.4 Å². The lowest BCUT2D eigenvalue weighted by molar-refractivity contribution is -0.159. The molecule has 3 rings (SSSR count). The van der Waals surface area contributed by atoms with Gasteiger partial charge in [0, 0.05) is 24.7 Å². The topological polar surface area (TPSA) is 59.2 Å². The summed E-state index contributed by atoms with van der Waals surface area (Å²) in [4.78, 5) is 17.2. The maximum Gasteiger partial charge on any atom is 0.471 e.